The number of aromatic nitrogens is 1. The Morgan fingerprint density at radius 1 is 1.33 bits per heavy atom. The van der Waals surface area contributed by atoms with E-state index in [9.17, 15) is 8.78 Å². The molecule has 0 radical (unpaired) electrons. The largest absolute Gasteiger partial charge is 0.444 e. The van der Waals surface area contributed by atoms with E-state index in [-0.39, 0.29) is 5.75 Å². The Morgan fingerprint density at radius 2 is 2.06 bits per heavy atom. The molecule has 2 aromatic rings. The Kier molecular flexibility index (Phi) is 3.88. The van der Waals surface area contributed by atoms with Crippen LogP contribution < -0.4 is 10.1 Å². The van der Waals surface area contributed by atoms with Crippen molar-refractivity contribution < 1.29 is 17.9 Å². The van der Waals surface area contributed by atoms with Crippen molar-refractivity contribution in [2.75, 3.05) is 7.05 Å². The lowest BCUT2D eigenvalue weighted by molar-refractivity contribution is -0.0498. The molecule has 96 valence electrons. The summed E-state index contributed by atoms with van der Waals surface area (Å²) in [5, 5.41) is 2.95. The van der Waals surface area contributed by atoms with E-state index in [4.69, 9.17) is 4.42 Å². The van der Waals surface area contributed by atoms with E-state index < -0.39 is 6.61 Å². The first-order valence-electron chi connectivity index (χ1n) is 5.33. The number of hydrogen-bond donors (Lipinski definition) is 1. The highest BCUT2D eigenvalue weighted by Gasteiger charge is 2.08. The second-order valence-electron chi connectivity index (χ2n) is 3.58. The van der Waals surface area contributed by atoms with Crippen LogP contribution in [0.5, 0.6) is 5.75 Å². The maximum atomic E-state index is 12.0. The normalized spacial score (nSPS) is 10.9. The molecule has 1 aromatic carbocycles. The van der Waals surface area contributed by atoms with Gasteiger partial charge in [-0.2, -0.15) is 8.78 Å². The molecule has 0 amide bonds. The summed E-state index contributed by atoms with van der Waals surface area (Å²) >= 11 is 0. The molecule has 0 saturated carbocycles. The van der Waals surface area contributed by atoms with Gasteiger partial charge in [-0.05, 0) is 31.3 Å². The van der Waals surface area contributed by atoms with Crippen molar-refractivity contribution in [1.29, 1.82) is 0 Å². The zero-order chi connectivity index (χ0) is 13.0. The Labute approximate surface area is 103 Å². The standard InChI is InChI=1S/C12H12F2N2O2/c1-15-6-9-7-17-11(16-9)8-2-4-10(5-3-8)18-12(13)14/h2-5,7,12,15H,6H2,1H3. The fourth-order valence-electron chi connectivity index (χ4n) is 1.48. The highest BCUT2D eigenvalue weighted by molar-refractivity contribution is 5.54. The molecule has 0 unspecified atom stereocenters. The fraction of sp³-hybridized carbons (Fsp3) is 0.250. The van der Waals surface area contributed by atoms with Crippen LogP contribution in [0, 0.1) is 0 Å². The van der Waals surface area contributed by atoms with Crippen LogP contribution in [0.2, 0.25) is 0 Å². The highest BCUT2D eigenvalue weighted by Crippen LogP contribution is 2.22. The van der Waals surface area contributed by atoms with Crippen molar-refractivity contribution in [2.24, 2.45) is 0 Å². The Bertz CT molecular complexity index is 497. The van der Waals surface area contributed by atoms with Crippen LogP contribution >= 0.6 is 0 Å². The van der Waals surface area contributed by atoms with Gasteiger partial charge in [0.15, 0.2) is 0 Å². The van der Waals surface area contributed by atoms with Gasteiger partial charge in [-0.3, -0.25) is 0 Å². The van der Waals surface area contributed by atoms with Crippen molar-refractivity contribution in [2.45, 2.75) is 13.2 Å². The van der Waals surface area contributed by atoms with E-state index >= 15 is 0 Å². The third kappa shape index (κ3) is 3.04. The lowest BCUT2D eigenvalue weighted by Gasteiger charge is -2.03. The van der Waals surface area contributed by atoms with Gasteiger partial charge >= 0.3 is 6.61 Å². The van der Waals surface area contributed by atoms with Gasteiger partial charge in [0, 0.05) is 12.1 Å². The first-order chi connectivity index (χ1) is 8.69. The van der Waals surface area contributed by atoms with E-state index in [1.807, 2.05) is 7.05 Å². The number of benzene rings is 1. The fourth-order valence-corrected chi connectivity index (χ4v) is 1.48. The summed E-state index contributed by atoms with van der Waals surface area (Å²) in [7, 11) is 1.81. The van der Waals surface area contributed by atoms with Crippen molar-refractivity contribution >= 4 is 0 Å². The minimum absolute atomic E-state index is 0.107. The maximum Gasteiger partial charge on any atom is 0.387 e. The summed E-state index contributed by atoms with van der Waals surface area (Å²) in [4.78, 5) is 4.24. The topological polar surface area (TPSA) is 47.3 Å². The number of hydrogen-bond acceptors (Lipinski definition) is 4. The van der Waals surface area contributed by atoms with Gasteiger partial charge in [0.1, 0.15) is 12.0 Å². The van der Waals surface area contributed by atoms with Gasteiger partial charge in [0.2, 0.25) is 5.89 Å². The Morgan fingerprint density at radius 3 is 2.67 bits per heavy atom. The maximum absolute atomic E-state index is 12.0. The molecule has 1 N–H and O–H groups in total. The molecule has 1 aromatic heterocycles. The summed E-state index contributed by atoms with van der Waals surface area (Å²) in [6.45, 7) is -2.21. The van der Waals surface area contributed by atoms with Crippen LogP contribution in [-0.2, 0) is 6.54 Å². The first-order valence-corrected chi connectivity index (χ1v) is 5.33. The van der Waals surface area contributed by atoms with Crippen molar-refractivity contribution in [3.8, 4) is 17.2 Å². The number of oxazole rings is 1. The molecule has 18 heavy (non-hydrogen) atoms. The van der Waals surface area contributed by atoms with Crippen molar-refractivity contribution in [3.63, 3.8) is 0 Å². The van der Waals surface area contributed by atoms with Gasteiger partial charge < -0.3 is 14.5 Å². The van der Waals surface area contributed by atoms with Crippen LogP contribution in [-0.4, -0.2) is 18.6 Å². The van der Waals surface area contributed by atoms with E-state index in [2.05, 4.69) is 15.0 Å². The van der Waals surface area contributed by atoms with Gasteiger partial charge in [0.05, 0.1) is 5.69 Å². The van der Waals surface area contributed by atoms with Crippen molar-refractivity contribution in [1.82, 2.24) is 10.3 Å². The third-order valence-electron chi connectivity index (χ3n) is 2.24. The molecule has 1 heterocycles. The molecule has 0 aliphatic rings. The second kappa shape index (κ2) is 5.59. The monoisotopic (exact) mass is 254 g/mol. The molecule has 0 aliphatic carbocycles. The second-order valence-corrected chi connectivity index (χ2v) is 3.58. The number of ether oxygens (including phenoxy) is 1. The molecule has 0 atom stereocenters. The van der Waals surface area contributed by atoms with Crippen LogP contribution in [0.4, 0.5) is 8.78 Å². The summed E-state index contributed by atoms with van der Waals surface area (Å²) in [5.41, 5.74) is 1.49. The number of alkyl halides is 2. The predicted octanol–water partition coefficient (Wildman–Crippen LogP) is 2.66. The van der Waals surface area contributed by atoms with Gasteiger partial charge in [0.25, 0.3) is 0 Å². The quantitative estimate of drug-likeness (QED) is 0.891. The third-order valence-corrected chi connectivity index (χ3v) is 2.24. The zero-order valence-corrected chi connectivity index (χ0v) is 9.69. The number of nitrogens with zero attached hydrogens (tertiary/aromatic N) is 1. The SMILES string of the molecule is CNCc1coc(-c2ccc(OC(F)F)cc2)n1. The Hall–Kier alpha value is -1.95. The van der Waals surface area contributed by atoms with E-state index in [0.29, 0.717) is 18.0 Å². The van der Waals surface area contributed by atoms with E-state index in [1.165, 1.54) is 12.1 Å². The van der Waals surface area contributed by atoms with Crippen LogP contribution in [0.25, 0.3) is 11.5 Å². The number of nitrogens with one attached hydrogen (secondary N) is 1. The average molecular weight is 254 g/mol. The van der Waals surface area contributed by atoms with Gasteiger partial charge in [-0.1, -0.05) is 0 Å². The number of halogens is 2. The molecule has 0 saturated heterocycles. The average Bonchev–Trinajstić information content (AvgIpc) is 2.78. The van der Waals surface area contributed by atoms with E-state index in [0.717, 1.165) is 5.69 Å². The predicted molar refractivity (Wildman–Crippen MR) is 61.3 cm³/mol. The summed E-state index contributed by atoms with van der Waals surface area (Å²) in [5.74, 6) is 0.555. The summed E-state index contributed by atoms with van der Waals surface area (Å²) < 4.78 is 33.5. The van der Waals surface area contributed by atoms with Crippen LogP contribution in [0.3, 0.4) is 0 Å². The molecular formula is C12H12F2N2O2. The molecule has 0 spiro atoms. The van der Waals surface area contributed by atoms with Crippen LogP contribution in [0.15, 0.2) is 34.9 Å². The number of rotatable bonds is 5. The van der Waals surface area contributed by atoms with E-state index in [1.54, 1.807) is 18.4 Å². The Balaban J connectivity index is 2.12. The van der Waals surface area contributed by atoms with Crippen molar-refractivity contribution in [3.05, 3.63) is 36.2 Å². The molecular weight excluding hydrogens is 242 g/mol. The minimum atomic E-state index is -2.82. The molecule has 0 fully saturated rings. The lowest BCUT2D eigenvalue weighted by Crippen LogP contribution is -2.04. The lowest BCUT2D eigenvalue weighted by atomic mass is 10.2. The van der Waals surface area contributed by atoms with Gasteiger partial charge in [-0.25, -0.2) is 4.98 Å². The van der Waals surface area contributed by atoms with Crippen LogP contribution in [0.1, 0.15) is 5.69 Å². The summed E-state index contributed by atoms with van der Waals surface area (Å²) in [6, 6.07) is 6.13. The smallest absolute Gasteiger partial charge is 0.387 e. The molecule has 2 rings (SSSR count). The molecule has 6 heteroatoms. The summed E-state index contributed by atoms with van der Waals surface area (Å²) in [6.07, 6.45) is 1.55. The first kappa shape index (κ1) is 12.5. The minimum Gasteiger partial charge on any atom is -0.444 e. The highest BCUT2D eigenvalue weighted by atomic mass is 19.3. The van der Waals surface area contributed by atoms with Gasteiger partial charge in [-0.15, -0.1) is 0 Å². The molecule has 4 nitrogen and oxygen atoms in total. The zero-order valence-electron chi connectivity index (χ0n) is 9.69. The molecule has 0 bridgehead atoms. The molecule has 0 aliphatic heterocycles.